The highest BCUT2D eigenvalue weighted by molar-refractivity contribution is 8.24. The summed E-state index contributed by atoms with van der Waals surface area (Å²) in [5, 5.41) is 0.345. The van der Waals surface area contributed by atoms with E-state index in [2.05, 4.69) is 4.90 Å². The van der Waals surface area contributed by atoms with Gasteiger partial charge in [0.25, 0.3) is 5.91 Å². The lowest BCUT2D eigenvalue weighted by Gasteiger charge is -2.30. The first-order valence-corrected chi connectivity index (χ1v) is 11.8. The van der Waals surface area contributed by atoms with Gasteiger partial charge in [-0.15, -0.1) is 0 Å². The van der Waals surface area contributed by atoms with Crippen LogP contribution < -0.4 is 11.2 Å². The molecule has 164 valence electrons. The van der Waals surface area contributed by atoms with Crippen LogP contribution in [0.3, 0.4) is 0 Å². The van der Waals surface area contributed by atoms with Crippen LogP contribution in [0.4, 0.5) is 4.39 Å². The molecular weight excluding hydrogens is 421 g/mol. The number of nitrogens with two attached hydrogens (primary N) is 1. The fourth-order valence-corrected chi connectivity index (χ4v) is 5.24. The van der Waals surface area contributed by atoms with Crippen molar-refractivity contribution < 1.29 is 18.3 Å². The highest BCUT2D eigenvalue weighted by atomic mass is 32.3. The standard InChI is InChI=1S/C22H24FN3O4S/c23-16-3-5-17(6-4-16)26-14-19(22(24)28)21(27)18-12-15(2-7-20(18)26)13-25-8-1-10-31(29,30)11-9-25/h2-7,12,14,29-30H,1,8-11,13H2,(H2,24,28). The van der Waals surface area contributed by atoms with E-state index in [0.717, 1.165) is 12.1 Å². The lowest BCUT2D eigenvalue weighted by Crippen LogP contribution is -2.27. The number of rotatable bonds is 4. The number of primary amides is 1. The Morgan fingerprint density at radius 3 is 2.55 bits per heavy atom. The number of halogens is 1. The number of pyridine rings is 1. The van der Waals surface area contributed by atoms with Gasteiger partial charge < -0.3 is 10.3 Å². The van der Waals surface area contributed by atoms with Crippen molar-refractivity contribution in [3.63, 3.8) is 0 Å². The van der Waals surface area contributed by atoms with E-state index in [1.54, 1.807) is 28.8 Å². The van der Waals surface area contributed by atoms with Gasteiger partial charge in [-0.3, -0.25) is 23.6 Å². The predicted octanol–water partition coefficient (Wildman–Crippen LogP) is 3.19. The second-order valence-corrected chi connectivity index (χ2v) is 10.2. The normalized spacial score (nSPS) is 17.9. The fraction of sp³-hybridized carbons (Fsp3) is 0.273. The smallest absolute Gasteiger partial charge is 0.254 e. The Morgan fingerprint density at radius 2 is 1.84 bits per heavy atom. The van der Waals surface area contributed by atoms with E-state index in [0.29, 0.717) is 47.6 Å². The number of amides is 1. The van der Waals surface area contributed by atoms with Crippen LogP contribution in [0, 0.1) is 5.82 Å². The molecule has 1 aliphatic heterocycles. The summed E-state index contributed by atoms with van der Waals surface area (Å²) >= 11 is 0. The van der Waals surface area contributed by atoms with E-state index in [-0.39, 0.29) is 11.4 Å². The maximum atomic E-state index is 13.4. The van der Waals surface area contributed by atoms with Crippen LogP contribution in [-0.2, 0) is 6.54 Å². The topological polar surface area (TPSA) is 109 Å². The molecule has 1 aliphatic rings. The molecule has 9 heteroatoms. The summed E-state index contributed by atoms with van der Waals surface area (Å²) in [6.45, 7) is 1.83. The average Bonchev–Trinajstić information content (AvgIpc) is 2.89. The summed E-state index contributed by atoms with van der Waals surface area (Å²) in [6, 6.07) is 11.2. The molecule has 2 heterocycles. The third-order valence-electron chi connectivity index (χ3n) is 5.52. The minimum Gasteiger partial charge on any atom is -0.365 e. The maximum absolute atomic E-state index is 13.4. The van der Waals surface area contributed by atoms with Crippen molar-refractivity contribution in [2.24, 2.45) is 5.73 Å². The Labute approximate surface area is 180 Å². The molecule has 3 aromatic rings. The van der Waals surface area contributed by atoms with Gasteiger partial charge in [0.1, 0.15) is 11.4 Å². The van der Waals surface area contributed by atoms with Crippen molar-refractivity contribution in [2.45, 2.75) is 13.0 Å². The molecule has 4 N–H and O–H groups in total. The molecule has 1 fully saturated rings. The third kappa shape index (κ3) is 4.64. The molecule has 31 heavy (non-hydrogen) atoms. The van der Waals surface area contributed by atoms with Gasteiger partial charge in [-0.1, -0.05) is 6.07 Å². The summed E-state index contributed by atoms with van der Waals surface area (Å²) in [5.74, 6) is -0.471. The number of hydrogen-bond acceptors (Lipinski definition) is 5. The van der Waals surface area contributed by atoms with Crippen LogP contribution in [0.5, 0.6) is 0 Å². The van der Waals surface area contributed by atoms with E-state index in [4.69, 9.17) is 5.73 Å². The van der Waals surface area contributed by atoms with Gasteiger partial charge >= 0.3 is 0 Å². The van der Waals surface area contributed by atoms with E-state index >= 15 is 0 Å². The predicted molar refractivity (Wildman–Crippen MR) is 120 cm³/mol. The van der Waals surface area contributed by atoms with E-state index in [9.17, 15) is 23.1 Å². The second kappa shape index (κ2) is 8.43. The maximum Gasteiger partial charge on any atom is 0.254 e. The Hall–Kier alpha value is -2.72. The monoisotopic (exact) mass is 445 g/mol. The molecular formula is C22H24FN3O4S. The van der Waals surface area contributed by atoms with Crippen molar-refractivity contribution in [1.82, 2.24) is 9.47 Å². The van der Waals surface area contributed by atoms with Crippen LogP contribution in [0.1, 0.15) is 22.3 Å². The summed E-state index contributed by atoms with van der Waals surface area (Å²) in [4.78, 5) is 27.0. The lowest BCUT2D eigenvalue weighted by molar-refractivity contribution is 0.0999. The number of carbonyl (C=O) groups excluding carboxylic acids is 1. The zero-order valence-electron chi connectivity index (χ0n) is 16.8. The van der Waals surface area contributed by atoms with Crippen LogP contribution in [0.15, 0.2) is 53.5 Å². The van der Waals surface area contributed by atoms with Gasteiger partial charge in [0, 0.05) is 42.7 Å². The number of aromatic nitrogens is 1. The molecule has 1 amide bonds. The molecule has 0 unspecified atom stereocenters. The van der Waals surface area contributed by atoms with Crippen molar-refractivity contribution in [1.29, 1.82) is 0 Å². The third-order valence-corrected chi connectivity index (χ3v) is 7.30. The van der Waals surface area contributed by atoms with Crippen molar-refractivity contribution in [3.05, 3.63) is 75.8 Å². The van der Waals surface area contributed by atoms with Crippen LogP contribution >= 0.6 is 10.6 Å². The Balaban J connectivity index is 1.76. The van der Waals surface area contributed by atoms with Gasteiger partial charge in [0.05, 0.1) is 11.3 Å². The number of benzene rings is 2. The molecule has 0 spiro atoms. The summed E-state index contributed by atoms with van der Waals surface area (Å²) in [6.07, 6.45) is 2.08. The molecule has 4 rings (SSSR count). The Morgan fingerprint density at radius 1 is 1.10 bits per heavy atom. The minimum atomic E-state index is -2.51. The quantitative estimate of drug-likeness (QED) is 0.572. The molecule has 0 aliphatic carbocycles. The van der Waals surface area contributed by atoms with Crippen molar-refractivity contribution in [3.8, 4) is 5.69 Å². The average molecular weight is 446 g/mol. The zero-order valence-corrected chi connectivity index (χ0v) is 17.6. The zero-order chi connectivity index (χ0) is 22.2. The number of carbonyl (C=O) groups is 1. The fourth-order valence-electron chi connectivity index (χ4n) is 3.89. The molecule has 1 saturated heterocycles. The van der Waals surface area contributed by atoms with Gasteiger partial charge in [0.2, 0.25) is 5.43 Å². The summed E-state index contributed by atoms with van der Waals surface area (Å²) in [5.41, 5.74) is 6.90. The molecule has 1 aromatic heterocycles. The van der Waals surface area contributed by atoms with Crippen molar-refractivity contribution >= 4 is 27.4 Å². The largest absolute Gasteiger partial charge is 0.365 e. The van der Waals surface area contributed by atoms with Gasteiger partial charge in [0.15, 0.2) is 0 Å². The molecule has 0 atom stereocenters. The van der Waals surface area contributed by atoms with E-state index < -0.39 is 21.9 Å². The van der Waals surface area contributed by atoms with Gasteiger partial charge in [-0.25, -0.2) is 4.39 Å². The summed E-state index contributed by atoms with van der Waals surface area (Å²) in [7, 11) is -2.51. The molecule has 2 aromatic carbocycles. The van der Waals surface area contributed by atoms with Crippen LogP contribution in [0.25, 0.3) is 16.6 Å². The van der Waals surface area contributed by atoms with Crippen molar-refractivity contribution in [2.75, 3.05) is 24.6 Å². The molecule has 0 saturated carbocycles. The van der Waals surface area contributed by atoms with Crippen LogP contribution in [0.2, 0.25) is 0 Å². The Bertz CT molecular complexity index is 1190. The number of nitrogens with zero attached hydrogens (tertiary/aromatic N) is 2. The summed E-state index contributed by atoms with van der Waals surface area (Å²) < 4.78 is 34.9. The first kappa shape index (κ1) is 21.5. The minimum absolute atomic E-state index is 0.141. The molecule has 7 nitrogen and oxygen atoms in total. The highest BCUT2D eigenvalue weighted by Crippen LogP contribution is 2.40. The lowest BCUT2D eigenvalue weighted by atomic mass is 10.1. The van der Waals surface area contributed by atoms with E-state index in [1.165, 1.54) is 18.3 Å². The van der Waals surface area contributed by atoms with Gasteiger partial charge in [-0.05, 0) is 48.4 Å². The second-order valence-electron chi connectivity index (χ2n) is 7.77. The molecule has 0 bridgehead atoms. The Kier molecular flexibility index (Phi) is 5.85. The SMILES string of the molecule is NC(=O)c1cn(-c2ccc(F)cc2)c2ccc(CN3CCCS(O)(O)CC3)cc2c1=O. The van der Waals surface area contributed by atoms with E-state index in [1.807, 2.05) is 6.07 Å². The first-order valence-electron chi connectivity index (χ1n) is 9.93. The van der Waals surface area contributed by atoms with Crippen LogP contribution in [-0.4, -0.2) is 49.1 Å². The number of hydrogen-bond donors (Lipinski definition) is 3. The number of fused-ring (bicyclic) bond motifs is 1. The molecule has 0 radical (unpaired) electrons. The van der Waals surface area contributed by atoms with Gasteiger partial charge in [-0.2, -0.15) is 10.6 Å². The first-order chi connectivity index (χ1) is 14.7. The highest BCUT2D eigenvalue weighted by Gasteiger charge is 2.20.